The summed E-state index contributed by atoms with van der Waals surface area (Å²) in [4.78, 5) is 18.3. The van der Waals surface area contributed by atoms with Crippen LogP contribution in [0.4, 0.5) is 4.39 Å². The molecular formula is C17H20FN3O4. The van der Waals surface area contributed by atoms with Crippen LogP contribution in [0.5, 0.6) is 0 Å². The Kier molecular flexibility index (Phi) is 4.07. The van der Waals surface area contributed by atoms with Gasteiger partial charge < -0.3 is 18.6 Å². The van der Waals surface area contributed by atoms with Crippen LogP contribution in [0.25, 0.3) is 0 Å². The fraction of sp³-hybridized carbons (Fsp3) is 0.588. The van der Waals surface area contributed by atoms with Crippen LogP contribution in [-0.2, 0) is 10.4 Å². The van der Waals surface area contributed by atoms with Crippen LogP contribution in [-0.4, -0.2) is 47.3 Å². The maximum Gasteiger partial charge on any atom is 0.266 e. The van der Waals surface area contributed by atoms with Crippen molar-refractivity contribution >= 4 is 5.91 Å². The molecule has 1 amide bonds. The van der Waals surface area contributed by atoms with Gasteiger partial charge in [0.15, 0.2) is 5.82 Å². The lowest BCUT2D eigenvalue weighted by molar-refractivity contribution is 0.0715. The summed E-state index contributed by atoms with van der Waals surface area (Å²) in [5, 5.41) is 3.96. The standard InChI is InChI=1S/C17H20FN3O4/c1-11-13(4-9-24-11)15(22)21-6-5-17(18,10-21)16-19-14(20-25-16)12-2-7-23-8-3-12/h4,9,12H,2-3,5-8,10H2,1H3. The Labute approximate surface area is 144 Å². The third kappa shape index (κ3) is 2.95. The summed E-state index contributed by atoms with van der Waals surface area (Å²) in [5.41, 5.74) is -1.35. The van der Waals surface area contributed by atoms with Gasteiger partial charge in [-0.3, -0.25) is 4.79 Å². The van der Waals surface area contributed by atoms with Crippen LogP contribution < -0.4 is 0 Å². The number of halogens is 1. The molecule has 4 rings (SSSR count). The molecular weight excluding hydrogens is 329 g/mol. The Hall–Kier alpha value is -2.22. The summed E-state index contributed by atoms with van der Waals surface area (Å²) in [6.07, 6.45) is 3.22. The molecule has 4 heterocycles. The molecule has 8 heteroatoms. The SMILES string of the molecule is Cc1occc1C(=O)N1CCC(F)(c2nc(C3CCOCC3)no2)C1. The molecule has 0 aliphatic carbocycles. The fourth-order valence-electron chi connectivity index (χ4n) is 3.44. The van der Waals surface area contributed by atoms with Crippen molar-refractivity contribution < 1.29 is 22.9 Å². The molecule has 7 nitrogen and oxygen atoms in total. The molecule has 1 unspecified atom stereocenters. The molecule has 0 bridgehead atoms. The number of likely N-dealkylation sites (tertiary alicyclic amines) is 1. The zero-order valence-electron chi connectivity index (χ0n) is 14.0. The monoisotopic (exact) mass is 349 g/mol. The Balaban J connectivity index is 1.49. The minimum absolute atomic E-state index is 0.0341. The number of ether oxygens (including phenoxy) is 1. The molecule has 0 N–H and O–H groups in total. The number of amides is 1. The molecule has 134 valence electrons. The zero-order valence-corrected chi connectivity index (χ0v) is 14.0. The largest absolute Gasteiger partial charge is 0.469 e. The molecule has 2 aromatic heterocycles. The van der Waals surface area contributed by atoms with Crippen LogP contribution in [0.1, 0.15) is 53.0 Å². The predicted octanol–water partition coefficient (Wildman–Crippen LogP) is 2.58. The smallest absolute Gasteiger partial charge is 0.266 e. The van der Waals surface area contributed by atoms with E-state index in [1.807, 2.05) is 0 Å². The molecule has 2 aliphatic heterocycles. The van der Waals surface area contributed by atoms with E-state index in [1.54, 1.807) is 13.0 Å². The summed E-state index contributed by atoms with van der Waals surface area (Å²) in [7, 11) is 0. The van der Waals surface area contributed by atoms with E-state index in [-0.39, 0.29) is 30.7 Å². The number of alkyl halides is 1. The number of nitrogens with zero attached hydrogens (tertiary/aromatic N) is 3. The van der Waals surface area contributed by atoms with Crippen LogP contribution in [0.15, 0.2) is 21.3 Å². The van der Waals surface area contributed by atoms with Crippen molar-refractivity contribution in [2.45, 2.75) is 37.8 Å². The summed E-state index contributed by atoms with van der Waals surface area (Å²) < 4.78 is 31.0. The van der Waals surface area contributed by atoms with Crippen molar-refractivity contribution in [1.82, 2.24) is 15.0 Å². The van der Waals surface area contributed by atoms with E-state index >= 15 is 4.39 Å². The van der Waals surface area contributed by atoms with Gasteiger partial charge in [-0.2, -0.15) is 4.98 Å². The molecule has 2 aromatic rings. The number of hydrogen-bond donors (Lipinski definition) is 0. The highest BCUT2D eigenvalue weighted by molar-refractivity contribution is 5.95. The van der Waals surface area contributed by atoms with Gasteiger partial charge in [-0.25, -0.2) is 4.39 Å². The lowest BCUT2D eigenvalue weighted by Crippen LogP contribution is -2.32. The molecule has 0 radical (unpaired) electrons. The van der Waals surface area contributed by atoms with E-state index in [1.165, 1.54) is 11.2 Å². The molecule has 0 aromatic carbocycles. The van der Waals surface area contributed by atoms with Crippen molar-refractivity contribution in [3.63, 3.8) is 0 Å². The first kappa shape index (κ1) is 16.3. The van der Waals surface area contributed by atoms with Gasteiger partial charge in [-0.05, 0) is 25.8 Å². The number of rotatable bonds is 3. The Morgan fingerprint density at radius 1 is 1.40 bits per heavy atom. The Morgan fingerprint density at radius 2 is 2.20 bits per heavy atom. The summed E-state index contributed by atoms with van der Waals surface area (Å²) in [5.74, 6) is 0.928. The van der Waals surface area contributed by atoms with Gasteiger partial charge in [-0.1, -0.05) is 5.16 Å². The van der Waals surface area contributed by atoms with E-state index in [2.05, 4.69) is 10.1 Å². The topological polar surface area (TPSA) is 81.6 Å². The first-order valence-corrected chi connectivity index (χ1v) is 8.51. The van der Waals surface area contributed by atoms with Gasteiger partial charge in [0.1, 0.15) is 5.76 Å². The lowest BCUT2D eigenvalue weighted by Gasteiger charge is -2.19. The summed E-state index contributed by atoms with van der Waals surface area (Å²) >= 11 is 0. The lowest BCUT2D eigenvalue weighted by atomic mass is 9.99. The van der Waals surface area contributed by atoms with Crippen molar-refractivity contribution in [3.8, 4) is 0 Å². The highest BCUT2D eigenvalue weighted by Crippen LogP contribution is 2.37. The third-order valence-electron chi connectivity index (χ3n) is 5.01. The second kappa shape index (κ2) is 6.25. The maximum atomic E-state index is 15.3. The Bertz CT molecular complexity index is 768. The first-order valence-electron chi connectivity index (χ1n) is 8.51. The zero-order chi connectivity index (χ0) is 17.4. The van der Waals surface area contributed by atoms with E-state index < -0.39 is 5.67 Å². The van der Waals surface area contributed by atoms with Gasteiger partial charge >= 0.3 is 0 Å². The van der Waals surface area contributed by atoms with Crippen molar-refractivity contribution in [2.75, 3.05) is 26.3 Å². The number of furan rings is 1. The molecule has 25 heavy (non-hydrogen) atoms. The highest BCUT2D eigenvalue weighted by Gasteiger charge is 2.47. The summed E-state index contributed by atoms with van der Waals surface area (Å²) in [6.45, 7) is 3.23. The fourth-order valence-corrected chi connectivity index (χ4v) is 3.44. The second-order valence-electron chi connectivity index (χ2n) is 6.68. The average Bonchev–Trinajstić information content (AvgIpc) is 3.35. The maximum absolute atomic E-state index is 15.3. The molecule has 2 fully saturated rings. The van der Waals surface area contributed by atoms with Crippen LogP contribution in [0.3, 0.4) is 0 Å². The second-order valence-corrected chi connectivity index (χ2v) is 6.68. The first-order chi connectivity index (χ1) is 12.1. The number of aryl methyl sites for hydroxylation is 1. The van der Waals surface area contributed by atoms with Crippen molar-refractivity contribution in [3.05, 3.63) is 35.4 Å². The van der Waals surface area contributed by atoms with Gasteiger partial charge in [0.25, 0.3) is 11.8 Å². The van der Waals surface area contributed by atoms with Crippen molar-refractivity contribution in [1.29, 1.82) is 0 Å². The molecule has 0 spiro atoms. The van der Waals surface area contributed by atoms with Crippen LogP contribution >= 0.6 is 0 Å². The number of aromatic nitrogens is 2. The van der Waals surface area contributed by atoms with Crippen LogP contribution in [0.2, 0.25) is 0 Å². The number of hydrogen-bond acceptors (Lipinski definition) is 6. The minimum Gasteiger partial charge on any atom is -0.469 e. The minimum atomic E-state index is -1.80. The average molecular weight is 349 g/mol. The molecule has 1 atom stereocenters. The Morgan fingerprint density at radius 3 is 2.92 bits per heavy atom. The van der Waals surface area contributed by atoms with Gasteiger partial charge in [-0.15, -0.1) is 0 Å². The van der Waals surface area contributed by atoms with Gasteiger partial charge in [0, 0.05) is 32.1 Å². The van der Waals surface area contributed by atoms with E-state index in [0.717, 1.165) is 12.8 Å². The number of carbonyl (C=O) groups is 1. The highest BCUT2D eigenvalue weighted by atomic mass is 19.1. The van der Waals surface area contributed by atoms with E-state index in [0.29, 0.717) is 36.9 Å². The molecule has 2 saturated heterocycles. The van der Waals surface area contributed by atoms with Crippen molar-refractivity contribution in [2.24, 2.45) is 0 Å². The molecule has 2 aliphatic rings. The van der Waals surface area contributed by atoms with Crippen LogP contribution in [0, 0.1) is 6.92 Å². The summed E-state index contributed by atoms with van der Waals surface area (Å²) in [6, 6.07) is 1.60. The van der Waals surface area contributed by atoms with Gasteiger partial charge in [0.05, 0.1) is 18.4 Å². The number of carbonyl (C=O) groups excluding carboxylic acids is 1. The predicted molar refractivity (Wildman–Crippen MR) is 83.8 cm³/mol. The van der Waals surface area contributed by atoms with E-state index in [9.17, 15) is 4.79 Å². The normalized spacial score (nSPS) is 24.8. The third-order valence-corrected chi connectivity index (χ3v) is 5.01. The molecule has 0 saturated carbocycles. The quantitative estimate of drug-likeness (QED) is 0.847. The van der Waals surface area contributed by atoms with Gasteiger partial charge in [0.2, 0.25) is 5.67 Å². The van der Waals surface area contributed by atoms with E-state index in [4.69, 9.17) is 13.7 Å².